The summed E-state index contributed by atoms with van der Waals surface area (Å²) in [5.74, 6) is 1.29. The average molecular weight is 413 g/mol. The lowest BCUT2D eigenvalue weighted by Gasteiger charge is -2.15. The first-order chi connectivity index (χ1) is 14.0. The van der Waals surface area contributed by atoms with E-state index in [9.17, 15) is 9.59 Å². The maximum absolute atomic E-state index is 13.1. The first-order valence-corrected chi connectivity index (χ1v) is 10.4. The van der Waals surface area contributed by atoms with Gasteiger partial charge in [-0.15, -0.1) is 0 Å². The molecular weight excluding hydrogens is 388 g/mol. The van der Waals surface area contributed by atoms with Gasteiger partial charge in [-0.3, -0.25) is 9.36 Å². The number of benzene rings is 2. The summed E-state index contributed by atoms with van der Waals surface area (Å²) in [5.41, 5.74) is 0.757. The number of thioether (sulfide) groups is 1. The van der Waals surface area contributed by atoms with Gasteiger partial charge in [0.15, 0.2) is 5.16 Å². The van der Waals surface area contributed by atoms with Crippen LogP contribution in [0.15, 0.2) is 58.5 Å². The zero-order valence-corrected chi connectivity index (χ0v) is 17.6. The molecule has 0 atom stereocenters. The van der Waals surface area contributed by atoms with Crippen molar-refractivity contribution in [1.29, 1.82) is 0 Å². The summed E-state index contributed by atoms with van der Waals surface area (Å²) in [4.78, 5) is 29.6. The SMILES string of the molecule is COC(=O)c1ccc2c(=O)n(CC(C)C)c(SCCOc3ccccc3)nc2c1. The Hall–Kier alpha value is -2.80. The lowest BCUT2D eigenvalue weighted by Crippen LogP contribution is -2.26. The van der Waals surface area contributed by atoms with Crippen molar-refractivity contribution in [3.05, 3.63) is 64.4 Å². The summed E-state index contributed by atoms with van der Waals surface area (Å²) < 4.78 is 12.2. The molecule has 1 aromatic heterocycles. The van der Waals surface area contributed by atoms with Gasteiger partial charge in [-0.1, -0.05) is 43.8 Å². The Morgan fingerprint density at radius 3 is 2.62 bits per heavy atom. The first-order valence-electron chi connectivity index (χ1n) is 9.43. The fourth-order valence-electron chi connectivity index (χ4n) is 2.89. The van der Waals surface area contributed by atoms with Crippen LogP contribution in [0.5, 0.6) is 5.75 Å². The van der Waals surface area contributed by atoms with Crippen LogP contribution in [0.1, 0.15) is 24.2 Å². The van der Waals surface area contributed by atoms with E-state index in [1.54, 1.807) is 22.8 Å². The summed E-state index contributed by atoms with van der Waals surface area (Å²) >= 11 is 1.47. The smallest absolute Gasteiger partial charge is 0.337 e. The van der Waals surface area contributed by atoms with E-state index in [0.717, 1.165) is 5.75 Å². The second-order valence-corrected chi connectivity index (χ2v) is 8.00. The summed E-state index contributed by atoms with van der Waals surface area (Å²) in [6.45, 7) is 5.18. The largest absolute Gasteiger partial charge is 0.493 e. The van der Waals surface area contributed by atoms with Crippen LogP contribution >= 0.6 is 11.8 Å². The number of rotatable bonds is 8. The molecule has 2 aromatic carbocycles. The maximum Gasteiger partial charge on any atom is 0.337 e. The number of esters is 1. The van der Waals surface area contributed by atoms with Crippen LogP contribution in [-0.4, -0.2) is 35.0 Å². The minimum Gasteiger partial charge on any atom is -0.493 e. The van der Waals surface area contributed by atoms with Crippen molar-refractivity contribution in [2.75, 3.05) is 19.5 Å². The summed E-state index contributed by atoms with van der Waals surface area (Å²) in [6, 6.07) is 14.4. The fourth-order valence-corrected chi connectivity index (χ4v) is 3.72. The van der Waals surface area contributed by atoms with Gasteiger partial charge >= 0.3 is 5.97 Å². The molecule has 0 amide bonds. The van der Waals surface area contributed by atoms with Crippen LogP contribution < -0.4 is 10.3 Å². The molecule has 0 saturated heterocycles. The molecule has 0 N–H and O–H groups in total. The molecule has 3 aromatic rings. The molecule has 152 valence electrons. The van der Waals surface area contributed by atoms with Crippen molar-refractivity contribution >= 4 is 28.6 Å². The van der Waals surface area contributed by atoms with Crippen molar-refractivity contribution in [2.24, 2.45) is 5.92 Å². The van der Waals surface area contributed by atoms with Gasteiger partial charge in [-0.2, -0.15) is 0 Å². The second-order valence-electron chi connectivity index (χ2n) is 6.94. The quantitative estimate of drug-likeness (QED) is 0.241. The lowest BCUT2D eigenvalue weighted by molar-refractivity contribution is 0.0601. The van der Waals surface area contributed by atoms with Crippen LogP contribution in [0.2, 0.25) is 0 Å². The number of carbonyl (C=O) groups excluding carboxylic acids is 1. The highest BCUT2D eigenvalue weighted by Crippen LogP contribution is 2.20. The minimum absolute atomic E-state index is 0.105. The number of methoxy groups -OCH3 is 1. The third-order valence-electron chi connectivity index (χ3n) is 4.22. The first kappa shape index (κ1) is 20.9. The number of hydrogen-bond donors (Lipinski definition) is 0. The van der Waals surface area contributed by atoms with Crippen molar-refractivity contribution < 1.29 is 14.3 Å². The van der Waals surface area contributed by atoms with Crippen LogP contribution in [0.4, 0.5) is 0 Å². The number of aromatic nitrogens is 2. The Bertz CT molecular complexity index is 1050. The van der Waals surface area contributed by atoms with E-state index >= 15 is 0 Å². The fraction of sp³-hybridized carbons (Fsp3) is 0.318. The van der Waals surface area contributed by atoms with Gasteiger partial charge in [0.05, 0.1) is 30.2 Å². The average Bonchev–Trinajstić information content (AvgIpc) is 2.73. The number of fused-ring (bicyclic) bond motifs is 1. The summed E-state index contributed by atoms with van der Waals surface area (Å²) in [5, 5.41) is 1.11. The zero-order valence-electron chi connectivity index (χ0n) is 16.8. The van der Waals surface area contributed by atoms with Crippen LogP contribution in [0, 0.1) is 5.92 Å². The molecule has 0 spiro atoms. The van der Waals surface area contributed by atoms with Gasteiger partial charge in [0, 0.05) is 12.3 Å². The third kappa shape index (κ3) is 5.17. The van der Waals surface area contributed by atoms with Crippen LogP contribution in [-0.2, 0) is 11.3 Å². The topological polar surface area (TPSA) is 70.4 Å². The van der Waals surface area contributed by atoms with Gasteiger partial charge in [-0.25, -0.2) is 9.78 Å². The molecule has 0 aliphatic heterocycles. The molecule has 0 fully saturated rings. The van der Waals surface area contributed by atoms with Crippen molar-refractivity contribution in [2.45, 2.75) is 25.5 Å². The normalized spacial score (nSPS) is 11.0. The van der Waals surface area contributed by atoms with Crippen molar-refractivity contribution in [3.63, 3.8) is 0 Å². The molecule has 29 heavy (non-hydrogen) atoms. The van der Waals surface area contributed by atoms with Gasteiger partial charge < -0.3 is 9.47 Å². The van der Waals surface area contributed by atoms with E-state index in [1.807, 2.05) is 30.3 Å². The number of ether oxygens (including phenoxy) is 2. The van der Waals surface area contributed by atoms with E-state index in [-0.39, 0.29) is 5.56 Å². The highest BCUT2D eigenvalue weighted by molar-refractivity contribution is 7.99. The predicted molar refractivity (Wildman–Crippen MR) is 115 cm³/mol. The van der Waals surface area contributed by atoms with E-state index in [0.29, 0.717) is 46.4 Å². The molecule has 0 unspecified atom stereocenters. The second kappa shape index (κ2) is 9.60. The highest BCUT2D eigenvalue weighted by Gasteiger charge is 2.15. The molecule has 0 radical (unpaired) electrons. The molecule has 0 saturated carbocycles. The van der Waals surface area contributed by atoms with Crippen molar-refractivity contribution in [1.82, 2.24) is 9.55 Å². The van der Waals surface area contributed by atoms with Crippen LogP contribution in [0.25, 0.3) is 10.9 Å². The Morgan fingerprint density at radius 1 is 1.17 bits per heavy atom. The van der Waals surface area contributed by atoms with Gasteiger partial charge in [0.2, 0.25) is 0 Å². The maximum atomic E-state index is 13.1. The summed E-state index contributed by atoms with van der Waals surface area (Å²) in [7, 11) is 1.33. The van der Waals surface area contributed by atoms with Gasteiger partial charge in [-0.05, 0) is 36.2 Å². The minimum atomic E-state index is -0.453. The third-order valence-corrected chi connectivity index (χ3v) is 5.16. The Morgan fingerprint density at radius 2 is 1.93 bits per heavy atom. The monoisotopic (exact) mass is 412 g/mol. The molecule has 0 aliphatic rings. The number of para-hydroxylation sites is 1. The van der Waals surface area contributed by atoms with E-state index in [1.165, 1.54) is 18.9 Å². The van der Waals surface area contributed by atoms with E-state index in [4.69, 9.17) is 9.47 Å². The van der Waals surface area contributed by atoms with Gasteiger partial charge in [0.25, 0.3) is 5.56 Å². The Balaban J connectivity index is 1.87. The zero-order chi connectivity index (χ0) is 20.8. The molecule has 1 heterocycles. The van der Waals surface area contributed by atoms with E-state index < -0.39 is 5.97 Å². The molecule has 0 aliphatic carbocycles. The molecule has 3 rings (SSSR count). The lowest BCUT2D eigenvalue weighted by atomic mass is 10.1. The Kier molecular flexibility index (Phi) is 6.93. The molecule has 0 bridgehead atoms. The number of hydrogen-bond acceptors (Lipinski definition) is 6. The molecular formula is C22H24N2O4S. The number of nitrogens with zero attached hydrogens (tertiary/aromatic N) is 2. The number of carbonyl (C=O) groups is 1. The van der Waals surface area contributed by atoms with Crippen molar-refractivity contribution in [3.8, 4) is 5.75 Å². The highest BCUT2D eigenvalue weighted by atomic mass is 32.2. The van der Waals surface area contributed by atoms with Gasteiger partial charge in [0.1, 0.15) is 5.75 Å². The van der Waals surface area contributed by atoms with E-state index in [2.05, 4.69) is 18.8 Å². The standard InChI is InChI=1S/C22H24N2O4S/c1-15(2)14-24-20(25)18-10-9-16(21(26)27-3)13-19(18)23-22(24)29-12-11-28-17-7-5-4-6-8-17/h4-10,13,15H,11-12,14H2,1-3H3. The summed E-state index contributed by atoms with van der Waals surface area (Å²) in [6.07, 6.45) is 0. The molecule has 6 nitrogen and oxygen atoms in total. The Labute approximate surface area is 173 Å². The predicted octanol–water partition coefficient (Wildman–Crippen LogP) is 4.01. The molecule has 7 heteroatoms. The van der Waals surface area contributed by atoms with Crippen LogP contribution in [0.3, 0.4) is 0 Å².